The molecule has 0 spiro atoms. The molecule has 0 bridgehead atoms. The highest BCUT2D eigenvalue weighted by atomic mass is 35.5. The number of halogens is 3. The number of amides is 2. The summed E-state index contributed by atoms with van der Waals surface area (Å²) in [5, 5.41) is 4.23. The van der Waals surface area contributed by atoms with E-state index in [-0.39, 0.29) is 31.0 Å². The van der Waals surface area contributed by atoms with Gasteiger partial charge in [0.2, 0.25) is 5.91 Å². The van der Waals surface area contributed by atoms with Crippen molar-refractivity contribution in [2.45, 2.75) is 38.9 Å². The molecule has 0 aromatic heterocycles. The second kappa shape index (κ2) is 12.8. The average molecular weight is 534 g/mol. The maximum Gasteiger partial charge on any atom is 0.261 e. The fourth-order valence-electron chi connectivity index (χ4n) is 3.55. The minimum absolute atomic E-state index is 0.101. The minimum atomic E-state index is -0.797. The third kappa shape index (κ3) is 7.89. The van der Waals surface area contributed by atoms with Crippen LogP contribution in [-0.2, 0) is 22.6 Å². The van der Waals surface area contributed by atoms with Crippen molar-refractivity contribution >= 4 is 46.6 Å². The number of ether oxygens (including phenoxy) is 1. The number of para-hydroxylation sites is 1. The van der Waals surface area contributed by atoms with Crippen LogP contribution < -0.4 is 10.1 Å². The molecule has 0 saturated heterocycles. The summed E-state index contributed by atoms with van der Waals surface area (Å²) in [5.41, 5.74) is 1.58. The molecule has 0 radical (unpaired) electrons. The number of rotatable bonds is 10. The van der Waals surface area contributed by atoms with Crippen LogP contribution in [0, 0.1) is 0 Å². The van der Waals surface area contributed by atoms with Gasteiger partial charge in [0.15, 0.2) is 6.61 Å². The molecule has 2 amide bonds. The molecule has 35 heavy (non-hydrogen) atoms. The molecular weight excluding hydrogens is 507 g/mol. The predicted octanol–water partition coefficient (Wildman–Crippen LogP) is 6.19. The Morgan fingerprint density at radius 1 is 0.914 bits per heavy atom. The molecule has 3 aromatic rings. The van der Waals surface area contributed by atoms with Crippen molar-refractivity contribution in [1.82, 2.24) is 10.2 Å². The molecule has 184 valence electrons. The summed E-state index contributed by atoms with van der Waals surface area (Å²) in [7, 11) is 0. The third-order valence-corrected chi connectivity index (χ3v) is 6.14. The molecule has 8 heteroatoms. The van der Waals surface area contributed by atoms with Crippen LogP contribution in [0.3, 0.4) is 0 Å². The molecule has 1 unspecified atom stereocenters. The van der Waals surface area contributed by atoms with Crippen LogP contribution in [0.15, 0.2) is 72.8 Å². The van der Waals surface area contributed by atoms with Crippen LogP contribution in [0.2, 0.25) is 15.1 Å². The SMILES string of the molecule is CC(C)NC(=O)C(Cc1ccccc1)N(Cc1ccc(Cl)cc1Cl)C(=O)COc1ccccc1Cl. The molecule has 0 saturated carbocycles. The fourth-order valence-corrected chi connectivity index (χ4v) is 4.21. The minimum Gasteiger partial charge on any atom is -0.482 e. The van der Waals surface area contributed by atoms with E-state index in [1.807, 2.05) is 44.2 Å². The largest absolute Gasteiger partial charge is 0.482 e. The number of benzene rings is 3. The monoisotopic (exact) mass is 532 g/mol. The van der Waals surface area contributed by atoms with Crippen molar-refractivity contribution < 1.29 is 14.3 Å². The lowest BCUT2D eigenvalue weighted by Gasteiger charge is -2.32. The van der Waals surface area contributed by atoms with Gasteiger partial charge in [-0.15, -0.1) is 0 Å². The first-order valence-electron chi connectivity index (χ1n) is 11.2. The molecule has 3 rings (SSSR count). The van der Waals surface area contributed by atoms with Crippen LogP contribution in [0.25, 0.3) is 0 Å². The summed E-state index contributed by atoms with van der Waals surface area (Å²) in [6, 6.07) is 20.6. The van der Waals surface area contributed by atoms with Crippen LogP contribution >= 0.6 is 34.8 Å². The third-order valence-electron chi connectivity index (χ3n) is 5.25. The van der Waals surface area contributed by atoms with Gasteiger partial charge in [0.1, 0.15) is 11.8 Å². The summed E-state index contributed by atoms with van der Waals surface area (Å²) in [6.07, 6.45) is 0.322. The van der Waals surface area contributed by atoms with Gasteiger partial charge < -0.3 is 15.0 Å². The maximum absolute atomic E-state index is 13.5. The van der Waals surface area contributed by atoms with Gasteiger partial charge in [0, 0.05) is 29.1 Å². The van der Waals surface area contributed by atoms with Crippen LogP contribution in [0.5, 0.6) is 5.75 Å². The zero-order valence-corrected chi connectivity index (χ0v) is 21.8. The molecule has 5 nitrogen and oxygen atoms in total. The molecule has 3 aromatic carbocycles. The number of carbonyl (C=O) groups is 2. The highest BCUT2D eigenvalue weighted by Crippen LogP contribution is 2.26. The Morgan fingerprint density at radius 3 is 2.26 bits per heavy atom. The van der Waals surface area contributed by atoms with Crippen molar-refractivity contribution in [2.75, 3.05) is 6.61 Å². The normalized spacial score (nSPS) is 11.7. The summed E-state index contributed by atoms with van der Waals surface area (Å²) < 4.78 is 5.72. The fraction of sp³-hybridized carbons (Fsp3) is 0.259. The Balaban J connectivity index is 1.95. The molecule has 0 heterocycles. The van der Waals surface area contributed by atoms with Crippen molar-refractivity contribution in [2.24, 2.45) is 0 Å². The van der Waals surface area contributed by atoms with E-state index < -0.39 is 6.04 Å². The standard InChI is InChI=1S/C27H27Cl3N2O3/c1-18(2)31-27(34)24(14-19-8-4-3-5-9-19)32(16-20-12-13-21(28)15-23(20)30)26(33)17-35-25-11-7-6-10-22(25)29/h3-13,15,18,24H,14,16-17H2,1-2H3,(H,31,34). The van der Waals surface area contributed by atoms with Gasteiger partial charge >= 0.3 is 0 Å². The van der Waals surface area contributed by atoms with Gasteiger partial charge in [-0.25, -0.2) is 0 Å². The average Bonchev–Trinajstić information content (AvgIpc) is 2.82. The second-order valence-electron chi connectivity index (χ2n) is 8.35. The van der Waals surface area contributed by atoms with Gasteiger partial charge in [0.05, 0.1) is 5.02 Å². The zero-order valence-electron chi connectivity index (χ0n) is 19.5. The van der Waals surface area contributed by atoms with Crippen LogP contribution in [-0.4, -0.2) is 35.4 Å². The molecule has 1 atom stereocenters. The van der Waals surface area contributed by atoms with E-state index >= 15 is 0 Å². The van der Waals surface area contributed by atoms with Gasteiger partial charge in [-0.3, -0.25) is 9.59 Å². The first kappa shape index (κ1) is 26.9. The van der Waals surface area contributed by atoms with Crippen LogP contribution in [0.4, 0.5) is 0 Å². The van der Waals surface area contributed by atoms with E-state index in [2.05, 4.69) is 5.32 Å². The molecule has 0 aliphatic heterocycles. The highest BCUT2D eigenvalue weighted by molar-refractivity contribution is 6.35. The summed E-state index contributed by atoms with van der Waals surface area (Å²) in [5.74, 6) is -0.256. The quantitative estimate of drug-likeness (QED) is 0.338. The molecular formula is C27H27Cl3N2O3. The lowest BCUT2D eigenvalue weighted by atomic mass is 10.0. The van der Waals surface area contributed by atoms with Crippen molar-refractivity contribution in [3.05, 3.63) is 99.0 Å². The summed E-state index contributed by atoms with van der Waals surface area (Å²) >= 11 is 18.7. The summed E-state index contributed by atoms with van der Waals surface area (Å²) in [6.45, 7) is 3.55. The number of carbonyl (C=O) groups excluding carboxylic acids is 2. The molecule has 0 aliphatic rings. The first-order valence-corrected chi connectivity index (χ1v) is 12.3. The Bertz CT molecular complexity index is 1160. The lowest BCUT2D eigenvalue weighted by Crippen LogP contribution is -2.52. The number of nitrogens with one attached hydrogen (secondary N) is 1. The van der Waals surface area contributed by atoms with Gasteiger partial charge in [-0.05, 0) is 49.2 Å². The van der Waals surface area contributed by atoms with E-state index in [0.717, 1.165) is 5.56 Å². The lowest BCUT2D eigenvalue weighted by molar-refractivity contribution is -0.143. The molecule has 0 aliphatic carbocycles. The first-order chi connectivity index (χ1) is 16.7. The van der Waals surface area contributed by atoms with E-state index in [1.165, 1.54) is 4.90 Å². The van der Waals surface area contributed by atoms with Crippen LogP contribution in [0.1, 0.15) is 25.0 Å². The van der Waals surface area contributed by atoms with E-state index in [1.54, 1.807) is 42.5 Å². The highest BCUT2D eigenvalue weighted by Gasteiger charge is 2.31. The Morgan fingerprint density at radius 2 is 1.60 bits per heavy atom. The van der Waals surface area contributed by atoms with E-state index in [4.69, 9.17) is 39.5 Å². The van der Waals surface area contributed by atoms with E-state index in [0.29, 0.717) is 32.8 Å². The van der Waals surface area contributed by atoms with Crippen molar-refractivity contribution in [1.29, 1.82) is 0 Å². The number of hydrogen-bond donors (Lipinski definition) is 1. The molecule has 1 N–H and O–H groups in total. The van der Waals surface area contributed by atoms with Gasteiger partial charge in [-0.2, -0.15) is 0 Å². The number of nitrogens with zero attached hydrogens (tertiary/aromatic N) is 1. The topological polar surface area (TPSA) is 58.6 Å². The Labute approximate surface area is 220 Å². The Kier molecular flexibility index (Phi) is 9.84. The predicted molar refractivity (Wildman–Crippen MR) is 141 cm³/mol. The smallest absolute Gasteiger partial charge is 0.261 e. The van der Waals surface area contributed by atoms with E-state index in [9.17, 15) is 9.59 Å². The summed E-state index contributed by atoms with van der Waals surface area (Å²) in [4.78, 5) is 28.4. The number of hydrogen-bond acceptors (Lipinski definition) is 3. The van der Waals surface area contributed by atoms with Crippen molar-refractivity contribution in [3.63, 3.8) is 0 Å². The Hall–Kier alpha value is -2.73. The van der Waals surface area contributed by atoms with Gasteiger partial charge in [-0.1, -0.05) is 83.3 Å². The molecule has 0 fully saturated rings. The van der Waals surface area contributed by atoms with Crippen molar-refractivity contribution in [3.8, 4) is 5.75 Å². The zero-order chi connectivity index (χ0) is 25.4. The maximum atomic E-state index is 13.5. The second-order valence-corrected chi connectivity index (χ2v) is 9.60. The van der Waals surface area contributed by atoms with Gasteiger partial charge in [0.25, 0.3) is 5.91 Å².